The van der Waals surface area contributed by atoms with Gasteiger partial charge in [-0.3, -0.25) is 19.2 Å². The molecule has 6 amide bonds. The summed E-state index contributed by atoms with van der Waals surface area (Å²) >= 11 is 3.75. The molecule has 6 unspecified atom stereocenters. The van der Waals surface area contributed by atoms with Crippen molar-refractivity contribution in [2.45, 2.75) is 184 Å². The Bertz CT molecular complexity index is 1880. The molecule has 1 aromatic rings. The van der Waals surface area contributed by atoms with Crippen LogP contribution >= 0.6 is 23.5 Å². The zero-order valence-corrected chi connectivity index (χ0v) is 42.5. The van der Waals surface area contributed by atoms with E-state index in [0.717, 1.165) is 50.0 Å². The number of thioether (sulfide) groups is 2. The molecule has 0 aromatic heterocycles. The van der Waals surface area contributed by atoms with Gasteiger partial charge in [0.2, 0.25) is 35.5 Å². The Labute approximate surface area is 414 Å². The number of nitrogens with zero attached hydrogens (tertiary/aromatic N) is 2. The van der Waals surface area contributed by atoms with Crippen LogP contribution in [0.4, 0.5) is 21.0 Å². The predicted octanol–water partition coefficient (Wildman–Crippen LogP) is 4.91. The number of benzene rings is 1. The van der Waals surface area contributed by atoms with E-state index in [0.29, 0.717) is 85.4 Å². The van der Waals surface area contributed by atoms with E-state index in [-0.39, 0.29) is 66.2 Å². The third kappa shape index (κ3) is 19.9. The first kappa shape index (κ1) is 55.1. The largest absolute Gasteiger partial charge is 0.442 e. The van der Waals surface area contributed by atoms with Gasteiger partial charge in [0, 0.05) is 77.7 Å². The predicted molar refractivity (Wildman–Crippen MR) is 269 cm³/mol. The quantitative estimate of drug-likeness (QED) is 0.0515. The van der Waals surface area contributed by atoms with Gasteiger partial charge in [0.25, 0.3) is 0 Å². The van der Waals surface area contributed by atoms with Crippen molar-refractivity contribution in [2.75, 3.05) is 35.2 Å². The summed E-state index contributed by atoms with van der Waals surface area (Å²) in [6.07, 6.45) is 5.48. The monoisotopic (exact) mass is 1000 g/mol. The number of rotatable bonds is 23. The fourth-order valence-corrected chi connectivity index (χ4v) is 11.4. The molecule has 1 aromatic carbocycles. The van der Waals surface area contributed by atoms with Crippen molar-refractivity contribution in [3.05, 3.63) is 23.8 Å². The molecule has 4 heterocycles. The topological polar surface area (TPSA) is 282 Å². The number of hydrogen-bond donors (Lipinski definition) is 10. The minimum Gasteiger partial charge on any atom is -0.442 e. The summed E-state index contributed by atoms with van der Waals surface area (Å²) in [5, 5.41) is 45.0. The van der Waals surface area contributed by atoms with Crippen LogP contribution in [0.15, 0.2) is 28.2 Å². The lowest BCUT2D eigenvalue weighted by molar-refractivity contribution is -0.122. The minimum atomic E-state index is -1.82. The van der Waals surface area contributed by atoms with Crippen LogP contribution in [0.2, 0.25) is 0 Å². The summed E-state index contributed by atoms with van der Waals surface area (Å²) in [5.74, 6) is 2.04. The number of guanidine groups is 2. The molecule has 4 aliphatic rings. The fraction of sp³-hybridized carbons (Fsp3) is 0.702. The Morgan fingerprint density at radius 2 is 0.986 bits per heavy atom. The molecular weight excluding hydrogens is 929 g/mol. The van der Waals surface area contributed by atoms with Gasteiger partial charge < -0.3 is 62.2 Å². The number of nitrogens with one attached hydrogen (secondary N) is 8. The zero-order chi connectivity index (χ0) is 50.1. The second-order valence-corrected chi connectivity index (χ2v) is 22.4. The number of aliphatic hydroxyl groups is 2. The summed E-state index contributed by atoms with van der Waals surface area (Å²) in [6.45, 7) is 11.7. The number of aliphatic imine (C=N–C) groups is 2. The molecule has 384 valence electrons. The molecule has 22 heteroatoms. The number of ether oxygens (including phenoxy) is 2. The molecule has 4 aliphatic heterocycles. The number of fused-ring (bicyclic) bond motifs is 2. The fourth-order valence-electron chi connectivity index (χ4n) is 8.30. The first-order chi connectivity index (χ1) is 32.7. The lowest BCUT2D eigenvalue weighted by Crippen LogP contribution is -2.37. The molecule has 4 fully saturated rings. The highest BCUT2D eigenvalue weighted by Gasteiger charge is 2.43. The molecule has 0 aliphatic carbocycles. The number of aliphatic hydroxyl groups excluding tert-OH is 1. The molecule has 4 saturated heterocycles. The van der Waals surface area contributed by atoms with E-state index in [2.05, 4.69) is 52.5 Å². The van der Waals surface area contributed by atoms with Gasteiger partial charge in [0.1, 0.15) is 11.2 Å². The smallest absolute Gasteiger partial charge is 0.437 e. The molecule has 0 radical (unpaired) electrons. The maximum atomic E-state index is 12.8. The normalized spacial score (nSPS) is 22.7. The van der Waals surface area contributed by atoms with Crippen molar-refractivity contribution in [3.63, 3.8) is 0 Å². The van der Waals surface area contributed by atoms with E-state index in [1.165, 1.54) is 12.1 Å². The Hall–Kier alpha value is -4.80. The average molecular weight is 1000 g/mol. The maximum Gasteiger partial charge on any atom is 0.437 e. The van der Waals surface area contributed by atoms with Gasteiger partial charge >= 0.3 is 12.2 Å². The molecule has 5 rings (SSSR count). The Morgan fingerprint density at radius 1 is 0.594 bits per heavy atom. The average Bonchev–Trinajstić information content (AvgIpc) is 4.02. The van der Waals surface area contributed by atoms with Crippen LogP contribution in [0.25, 0.3) is 0 Å². The number of unbranched alkanes of at least 4 members (excludes halogenated alkanes) is 4. The number of anilines is 2. The van der Waals surface area contributed by atoms with Crippen LogP contribution in [0, 0.1) is 0 Å². The van der Waals surface area contributed by atoms with Crippen LogP contribution in [-0.4, -0.2) is 128 Å². The van der Waals surface area contributed by atoms with Crippen LogP contribution in [0.1, 0.15) is 143 Å². The number of carbonyl (C=O) groups is 6. The summed E-state index contributed by atoms with van der Waals surface area (Å²) in [4.78, 5) is 82.7. The van der Waals surface area contributed by atoms with E-state index in [1.54, 1.807) is 47.6 Å². The van der Waals surface area contributed by atoms with Crippen LogP contribution < -0.4 is 42.5 Å². The van der Waals surface area contributed by atoms with Crippen molar-refractivity contribution in [1.29, 1.82) is 0 Å². The second-order valence-electron chi connectivity index (χ2n) is 19.9. The first-order valence-electron chi connectivity index (χ1n) is 24.3. The first-order valence-corrected chi connectivity index (χ1v) is 26.4. The third-order valence-electron chi connectivity index (χ3n) is 11.5. The Balaban J connectivity index is 0.881. The second kappa shape index (κ2) is 26.4. The SMILES string of the molecule is CC(C)(C)OC(=O)/N=C1/NC2CSC(CCCCC(=O)NCCCCC(=O)Nc3cc(NC(=O)CCCCNC(=O)CCCCC4SCC5N/C(=N\C(=O)OC(C)(C)C)NC54)cc(C(O)O)c3)C2N1. The highest BCUT2D eigenvalue weighted by molar-refractivity contribution is 8.00. The molecule has 0 bridgehead atoms. The molecule has 0 spiro atoms. The Morgan fingerprint density at radius 3 is 1.38 bits per heavy atom. The molecule has 69 heavy (non-hydrogen) atoms. The highest BCUT2D eigenvalue weighted by atomic mass is 32.2. The highest BCUT2D eigenvalue weighted by Crippen LogP contribution is 2.34. The molecule has 0 saturated carbocycles. The number of amides is 6. The van der Waals surface area contributed by atoms with Crippen LogP contribution in [0.3, 0.4) is 0 Å². The van der Waals surface area contributed by atoms with Gasteiger partial charge in [-0.2, -0.15) is 23.5 Å². The molecule has 20 nitrogen and oxygen atoms in total. The molecule has 10 N–H and O–H groups in total. The van der Waals surface area contributed by atoms with Gasteiger partial charge in [-0.05, 0) is 111 Å². The van der Waals surface area contributed by atoms with E-state index < -0.39 is 29.7 Å². The van der Waals surface area contributed by atoms with Crippen molar-refractivity contribution in [1.82, 2.24) is 31.9 Å². The third-order valence-corrected chi connectivity index (χ3v) is 14.5. The van der Waals surface area contributed by atoms with Crippen molar-refractivity contribution < 1.29 is 48.5 Å². The number of hydrogen-bond acceptors (Lipinski definition) is 12. The number of carbonyl (C=O) groups excluding carboxylic acids is 6. The van der Waals surface area contributed by atoms with E-state index in [1.807, 2.05) is 23.5 Å². The van der Waals surface area contributed by atoms with Gasteiger partial charge in [-0.1, -0.05) is 12.8 Å². The minimum absolute atomic E-state index is 0.0360. The standard InChI is InChI=1S/C47H74N10O10S2/c1-46(2,3)66-44(64)56-42-52-31-26-68-33(39(31)54-42)15-7-9-17-35(58)48-21-13-11-19-37(60)50-29-23-28(41(62)63)24-30(25-29)51-38(61)20-12-14-22-49-36(59)18-10-8-16-34-40-32(27-69-34)53-43(55-40)57-45(65)67-47(4,5)6/h23-25,31-34,39-41,62-63H,7-22,26-27H2,1-6H3,(H,48,58)(H,49,59)(H,50,60)(H,51,61)(H2,52,54,56,64)(H2,53,55,57,65). The van der Waals surface area contributed by atoms with Gasteiger partial charge in [-0.15, -0.1) is 9.98 Å². The summed E-state index contributed by atoms with van der Waals surface area (Å²) in [5.41, 5.74) is -0.528. The van der Waals surface area contributed by atoms with E-state index in [4.69, 9.17) is 9.47 Å². The molecular formula is C47H74N10O10S2. The van der Waals surface area contributed by atoms with Crippen LogP contribution in [-0.2, 0) is 28.7 Å². The summed E-state index contributed by atoms with van der Waals surface area (Å²) in [6, 6.07) is 5.10. The van der Waals surface area contributed by atoms with Gasteiger partial charge in [-0.25, -0.2) is 9.59 Å². The summed E-state index contributed by atoms with van der Waals surface area (Å²) in [7, 11) is 0. The zero-order valence-electron chi connectivity index (χ0n) is 40.9. The van der Waals surface area contributed by atoms with Gasteiger partial charge in [0.15, 0.2) is 6.29 Å². The molecule has 6 atom stereocenters. The maximum absolute atomic E-state index is 12.8. The lowest BCUT2D eigenvalue weighted by Gasteiger charge is -2.18. The van der Waals surface area contributed by atoms with Crippen molar-refractivity contribution in [2.24, 2.45) is 9.98 Å². The lowest BCUT2D eigenvalue weighted by atomic mass is 10.0. The van der Waals surface area contributed by atoms with E-state index in [9.17, 15) is 39.0 Å². The van der Waals surface area contributed by atoms with E-state index >= 15 is 0 Å². The summed E-state index contributed by atoms with van der Waals surface area (Å²) < 4.78 is 10.6. The van der Waals surface area contributed by atoms with Crippen molar-refractivity contribution >= 4 is 82.6 Å². The Kier molecular flexibility index (Phi) is 21.1. The van der Waals surface area contributed by atoms with Crippen molar-refractivity contribution in [3.8, 4) is 0 Å². The van der Waals surface area contributed by atoms with Crippen LogP contribution in [0.5, 0.6) is 0 Å². The van der Waals surface area contributed by atoms with Gasteiger partial charge in [0.05, 0.1) is 24.2 Å².